The van der Waals surface area contributed by atoms with Gasteiger partial charge in [0.2, 0.25) is 0 Å². The summed E-state index contributed by atoms with van der Waals surface area (Å²) in [6.07, 6.45) is 54.0. The molecule has 0 aromatic rings. The van der Waals surface area contributed by atoms with Gasteiger partial charge in [-0.1, -0.05) is 94.5 Å². The van der Waals surface area contributed by atoms with Gasteiger partial charge in [0, 0.05) is 52.4 Å². The van der Waals surface area contributed by atoms with Gasteiger partial charge < -0.3 is 114 Å². The van der Waals surface area contributed by atoms with Gasteiger partial charge in [-0.2, -0.15) is 0 Å². The molecule has 16 amide bonds. The standard InChI is InChI=1S/C88H120N22O8/c111-81(97-73-31-1-2-32-73)89-47-19-57-107(58-20-48-90-82(112)98-74-33-3-4-34-74)69-27-65-105(66-28-70-108(59-21-49-91-83(113)99-75-35-5-6-36-75)60-22-50-92-84(114)100-76-37-7-8-38-76)55-17-18-56-106(67-29-71-109(61-23-51-93-85(115)101-77-39-9-10-40-77)62-24-52-94-86(116)102-78-41-11-12-42-78)68-30-72-110(63-25-53-95-87(117)103-79-43-13-14-44-79)64-26-54-96-88(118)104-80-45-15-16-46-80/h1-16,31,33,35,37,39,41,43,45H,17-30,47-72H2,(H2,89,97,111)(H2,90,98,112)(H2,91,99,113)(H2,92,100,114)(H2,93,101,115)(H2,94,102,116)(H2,95,103,117)(H2,96,104,118). The van der Waals surface area contributed by atoms with E-state index in [1.807, 2.05) is 48.6 Å². The van der Waals surface area contributed by atoms with Gasteiger partial charge in [0.05, 0.1) is 45.6 Å². The number of rotatable bonds is 61. The zero-order valence-electron chi connectivity index (χ0n) is 68.1. The Morgan fingerprint density at radius 1 is 0.178 bits per heavy atom. The van der Waals surface area contributed by atoms with Crippen LogP contribution >= 0.6 is 0 Å². The Labute approximate surface area is 695 Å². The van der Waals surface area contributed by atoms with Crippen molar-refractivity contribution >= 4 is 48.2 Å². The largest absolute Gasteiger partial charge is 0.338 e. The maximum atomic E-state index is 12.8. The number of allylic oxidation sites excluding steroid dienone is 16. The van der Waals surface area contributed by atoms with E-state index >= 15 is 0 Å². The van der Waals surface area contributed by atoms with E-state index in [9.17, 15) is 38.4 Å². The lowest BCUT2D eigenvalue weighted by Gasteiger charge is -2.29. The fourth-order valence-electron chi connectivity index (χ4n) is 13.4. The summed E-state index contributed by atoms with van der Waals surface area (Å²) in [6.45, 7) is 17.8. The summed E-state index contributed by atoms with van der Waals surface area (Å²) in [5.74, 6) is 0. The van der Waals surface area contributed by atoms with E-state index in [-0.39, 0.29) is 48.2 Å². The molecule has 0 saturated carbocycles. The van der Waals surface area contributed by atoms with Crippen molar-refractivity contribution in [2.45, 2.75) is 89.9 Å². The van der Waals surface area contributed by atoms with E-state index in [0.29, 0.717) is 149 Å². The van der Waals surface area contributed by atoms with Crippen LogP contribution in [0.25, 0.3) is 0 Å². The molecule has 0 bridgehead atoms. The van der Waals surface area contributed by atoms with Gasteiger partial charge in [-0.25, -0.2) is 38.4 Å². The topological polar surface area (TPSA) is 348 Å². The number of hydrogen-bond donors (Lipinski definition) is 16. The zero-order valence-corrected chi connectivity index (χ0v) is 68.1. The van der Waals surface area contributed by atoms with Crippen LogP contribution in [0, 0.1) is 0 Å². The maximum Gasteiger partial charge on any atom is 0.319 e. The predicted octanol–water partition coefficient (Wildman–Crippen LogP) is 7.52. The molecule has 0 aromatic carbocycles. The smallest absolute Gasteiger partial charge is 0.319 e. The summed E-state index contributed by atoms with van der Waals surface area (Å²) < 4.78 is 0. The van der Waals surface area contributed by atoms with Gasteiger partial charge >= 0.3 is 48.2 Å². The monoisotopic (exact) mass is 1610 g/mol. The molecule has 16 N–H and O–H groups in total. The highest BCUT2D eigenvalue weighted by molar-refractivity contribution is 5.80. The molecule has 630 valence electrons. The van der Waals surface area contributed by atoms with E-state index < -0.39 is 0 Å². The SMILES string of the molecule is O=C(NCCCN(CCCNC(=O)NC1=C=CC=C1)CCCN(CCCCN(CCCN(CCCNC(=O)NC1=C=CC=C1)CCCNC(=O)NC1=C=CC=C1)CCCN(CCCNC(=O)NC1=C=CC=C1)CCCNC(=O)NC1=C=CC=C1)CCCN(CCCNC(=O)NC1=C=CC=C1)CCCNC(=O)NC1=C=CC=C1)NC1=C=CC=C1. The molecule has 0 unspecified atom stereocenters. The van der Waals surface area contributed by atoms with Crippen molar-refractivity contribution in [3.63, 3.8) is 0 Å². The first kappa shape index (κ1) is 91.5. The molecular weight excluding hydrogens is 1490 g/mol. The van der Waals surface area contributed by atoms with Crippen LogP contribution in [0.3, 0.4) is 0 Å². The Balaban J connectivity index is 0.942. The Hall–Kier alpha value is -12.0. The van der Waals surface area contributed by atoms with Crippen LogP contribution in [0.2, 0.25) is 0 Å². The number of unbranched alkanes of at least 4 members (excludes halogenated alkanes) is 1. The maximum absolute atomic E-state index is 12.8. The summed E-state index contributed by atoms with van der Waals surface area (Å²) in [4.78, 5) is 118. The van der Waals surface area contributed by atoms with E-state index in [2.05, 4.69) is 160 Å². The number of nitrogens with zero attached hydrogens (tertiary/aromatic N) is 6. The molecule has 0 spiro atoms. The second-order valence-corrected chi connectivity index (χ2v) is 28.7. The second kappa shape index (κ2) is 56.3. The van der Waals surface area contributed by atoms with Crippen LogP contribution in [0.4, 0.5) is 38.4 Å². The van der Waals surface area contributed by atoms with Crippen LogP contribution < -0.4 is 85.1 Å². The number of carbonyl (C=O) groups is 8. The average molecular weight is 1610 g/mol. The first-order valence-corrected chi connectivity index (χ1v) is 41.6. The molecule has 8 rings (SSSR count). The van der Waals surface area contributed by atoms with Crippen LogP contribution in [0.15, 0.2) is 237 Å². The molecule has 0 saturated heterocycles. The highest BCUT2D eigenvalue weighted by Gasteiger charge is 2.18. The van der Waals surface area contributed by atoms with Crippen LogP contribution in [0.1, 0.15) is 89.9 Å². The van der Waals surface area contributed by atoms with Crippen molar-refractivity contribution in [1.29, 1.82) is 0 Å². The lowest BCUT2D eigenvalue weighted by atomic mass is 10.2. The van der Waals surface area contributed by atoms with Gasteiger partial charge in [-0.15, -0.1) is 0 Å². The van der Waals surface area contributed by atoms with Crippen molar-refractivity contribution in [3.8, 4) is 0 Å². The molecule has 8 aliphatic rings. The normalized spacial score (nSPS) is 14.1. The Morgan fingerprint density at radius 2 is 0.297 bits per heavy atom. The Morgan fingerprint density at radius 3 is 0.415 bits per heavy atom. The highest BCUT2D eigenvalue weighted by Crippen LogP contribution is 2.11. The molecule has 0 aliphatic heterocycles. The summed E-state index contributed by atoms with van der Waals surface area (Å²) in [7, 11) is 0. The van der Waals surface area contributed by atoms with Crippen molar-refractivity contribution in [3.05, 3.63) is 237 Å². The molecule has 0 atom stereocenters. The molecular formula is C88H120N22O8. The van der Waals surface area contributed by atoms with Gasteiger partial charge in [0.15, 0.2) is 0 Å². The number of urea groups is 8. The minimum Gasteiger partial charge on any atom is -0.338 e. The van der Waals surface area contributed by atoms with Crippen LogP contribution in [-0.4, -0.2) is 248 Å². The molecule has 0 radical (unpaired) electrons. The minimum absolute atomic E-state index is 0.288. The molecule has 30 nitrogen and oxygen atoms in total. The number of hydrogen-bond acceptors (Lipinski definition) is 14. The summed E-state index contributed by atoms with van der Waals surface area (Å²) in [5.41, 5.74) is 28.9. The third-order valence-electron chi connectivity index (χ3n) is 19.3. The van der Waals surface area contributed by atoms with E-state index in [1.165, 1.54) is 0 Å². The molecule has 118 heavy (non-hydrogen) atoms. The molecule has 0 heterocycles. The number of nitrogens with one attached hydrogen (secondary N) is 16. The fraction of sp³-hybridized carbons (Fsp3) is 0.455. The van der Waals surface area contributed by atoms with Crippen LogP contribution in [0.5, 0.6) is 0 Å². The van der Waals surface area contributed by atoms with Gasteiger partial charge in [-0.3, -0.25) is 0 Å². The van der Waals surface area contributed by atoms with Gasteiger partial charge in [-0.05, 0) is 305 Å². The van der Waals surface area contributed by atoms with E-state index in [0.717, 1.165) is 156 Å². The third-order valence-corrected chi connectivity index (χ3v) is 19.3. The Kier molecular flexibility index (Phi) is 43.7. The van der Waals surface area contributed by atoms with Crippen molar-refractivity contribution < 1.29 is 38.4 Å². The van der Waals surface area contributed by atoms with Crippen molar-refractivity contribution in [2.24, 2.45) is 0 Å². The lowest BCUT2D eigenvalue weighted by Crippen LogP contribution is -2.39. The molecule has 0 fully saturated rings. The second-order valence-electron chi connectivity index (χ2n) is 28.7. The Bertz CT molecular complexity index is 3470. The zero-order chi connectivity index (χ0) is 82.9. The molecule has 30 heteroatoms. The van der Waals surface area contributed by atoms with E-state index in [4.69, 9.17) is 0 Å². The van der Waals surface area contributed by atoms with Crippen LogP contribution in [-0.2, 0) is 0 Å². The van der Waals surface area contributed by atoms with E-state index in [1.54, 1.807) is 97.2 Å². The summed E-state index contributed by atoms with van der Waals surface area (Å²) in [5, 5.41) is 46.7. The third kappa shape index (κ3) is 41.5. The minimum atomic E-state index is -0.288. The fourth-order valence-corrected chi connectivity index (χ4v) is 13.4. The average Bonchev–Trinajstić information content (AvgIpc) is 1.72. The molecule has 0 aromatic heterocycles. The lowest BCUT2D eigenvalue weighted by molar-refractivity contribution is 0.189. The highest BCUT2D eigenvalue weighted by atomic mass is 16.2. The van der Waals surface area contributed by atoms with Gasteiger partial charge in [0.25, 0.3) is 0 Å². The summed E-state index contributed by atoms with van der Waals surface area (Å²) in [6, 6.07) is -2.30. The van der Waals surface area contributed by atoms with Crippen molar-refractivity contribution in [2.75, 3.05) is 170 Å². The predicted molar refractivity (Wildman–Crippen MR) is 461 cm³/mol. The summed E-state index contributed by atoms with van der Waals surface area (Å²) >= 11 is 0. The first-order valence-electron chi connectivity index (χ1n) is 41.6. The first-order chi connectivity index (χ1) is 57.8. The van der Waals surface area contributed by atoms with Gasteiger partial charge in [0.1, 0.15) is 0 Å². The quantitative estimate of drug-likeness (QED) is 0.0207. The number of amides is 16. The number of carbonyl (C=O) groups excluding carboxylic acids is 8. The van der Waals surface area contributed by atoms with Crippen molar-refractivity contribution in [1.82, 2.24) is 114 Å². The molecule has 8 aliphatic carbocycles.